The Balaban J connectivity index is 1.94. The second-order valence-electron chi connectivity index (χ2n) is 5.35. The minimum atomic E-state index is -2.93. The van der Waals surface area contributed by atoms with Crippen molar-refractivity contribution in [3.8, 4) is 5.75 Å². The molecule has 10 heteroatoms. The molecule has 2 N–H and O–H groups in total. The molecule has 146 valence electrons. The van der Waals surface area contributed by atoms with Gasteiger partial charge in [-0.3, -0.25) is 4.79 Å². The topological polar surface area (TPSA) is 103 Å². The molecule has 1 heterocycles. The van der Waals surface area contributed by atoms with Crippen molar-refractivity contribution in [2.24, 2.45) is 0 Å². The summed E-state index contributed by atoms with van der Waals surface area (Å²) in [6.07, 6.45) is -0.122. The lowest BCUT2D eigenvalue weighted by Gasteiger charge is -2.21. The number of alkyl halides is 2. The molecular formula is C17H18F2N2O6. The van der Waals surface area contributed by atoms with Crippen LogP contribution >= 0.6 is 0 Å². The van der Waals surface area contributed by atoms with Gasteiger partial charge in [-0.05, 0) is 24.6 Å². The van der Waals surface area contributed by atoms with Gasteiger partial charge in [-0.1, -0.05) is 12.1 Å². The number of ether oxygens (including phenoxy) is 3. The molecule has 27 heavy (non-hydrogen) atoms. The van der Waals surface area contributed by atoms with Crippen LogP contribution in [0.3, 0.4) is 0 Å². The van der Waals surface area contributed by atoms with Gasteiger partial charge in [0.2, 0.25) is 0 Å². The summed E-state index contributed by atoms with van der Waals surface area (Å²) in [6, 6.07) is 5.00. The number of rotatable bonds is 8. The molecule has 0 unspecified atom stereocenters. The number of halogens is 2. The number of urea groups is 1. The number of esters is 2. The van der Waals surface area contributed by atoms with Gasteiger partial charge in [-0.15, -0.1) is 0 Å². The van der Waals surface area contributed by atoms with E-state index in [9.17, 15) is 23.2 Å². The van der Waals surface area contributed by atoms with E-state index in [0.29, 0.717) is 5.56 Å². The van der Waals surface area contributed by atoms with Crippen LogP contribution in [0.15, 0.2) is 35.5 Å². The standard InChI is InChI=1S/C17H18F2N2O6/c1-2-25-15(23)12-8-20-17(24)21-13(12)9-26-14(22)7-10-3-5-11(6-4-10)27-16(18)19/h3-6,16H,2,7-9H2,1H3,(H2,20,21,24). The van der Waals surface area contributed by atoms with Gasteiger partial charge < -0.3 is 24.8 Å². The van der Waals surface area contributed by atoms with Crippen LogP contribution in [-0.2, 0) is 25.5 Å². The third-order valence-corrected chi connectivity index (χ3v) is 3.45. The van der Waals surface area contributed by atoms with Crippen molar-refractivity contribution in [1.29, 1.82) is 0 Å². The maximum atomic E-state index is 12.1. The first-order chi connectivity index (χ1) is 12.9. The quantitative estimate of drug-likeness (QED) is 0.659. The van der Waals surface area contributed by atoms with E-state index in [-0.39, 0.29) is 43.2 Å². The molecule has 0 saturated heterocycles. The first-order valence-corrected chi connectivity index (χ1v) is 8.02. The van der Waals surface area contributed by atoms with Crippen LogP contribution in [-0.4, -0.2) is 44.3 Å². The maximum absolute atomic E-state index is 12.1. The van der Waals surface area contributed by atoms with E-state index in [0.717, 1.165) is 0 Å². The molecular weight excluding hydrogens is 366 g/mol. The van der Waals surface area contributed by atoms with Crippen molar-refractivity contribution in [3.05, 3.63) is 41.1 Å². The number of benzene rings is 1. The molecule has 0 aliphatic carbocycles. The van der Waals surface area contributed by atoms with E-state index < -0.39 is 24.6 Å². The van der Waals surface area contributed by atoms with Gasteiger partial charge in [0.1, 0.15) is 12.4 Å². The largest absolute Gasteiger partial charge is 0.463 e. The van der Waals surface area contributed by atoms with Crippen molar-refractivity contribution >= 4 is 18.0 Å². The average Bonchev–Trinajstić information content (AvgIpc) is 2.61. The molecule has 1 aromatic carbocycles. The Kier molecular flexibility index (Phi) is 7.09. The monoisotopic (exact) mass is 384 g/mol. The summed E-state index contributed by atoms with van der Waals surface area (Å²) < 4.78 is 38.4. The molecule has 8 nitrogen and oxygen atoms in total. The third-order valence-electron chi connectivity index (χ3n) is 3.45. The molecule has 1 aliphatic rings. The van der Waals surface area contributed by atoms with E-state index in [1.807, 2.05) is 0 Å². The normalized spacial score (nSPS) is 13.7. The zero-order valence-electron chi connectivity index (χ0n) is 14.4. The van der Waals surface area contributed by atoms with Crippen LogP contribution < -0.4 is 15.4 Å². The lowest BCUT2D eigenvalue weighted by atomic mass is 10.1. The number of carbonyl (C=O) groups is 3. The summed E-state index contributed by atoms with van der Waals surface area (Å²) in [5, 5.41) is 4.85. The number of hydrogen-bond donors (Lipinski definition) is 2. The molecule has 2 amide bonds. The van der Waals surface area contributed by atoms with Crippen molar-refractivity contribution in [1.82, 2.24) is 10.6 Å². The van der Waals surface area contributed by atoms with Crippen molar-refractivity contribution in [2.75, 3.05) is 19.8 Å². The number of carbonyl (C=O) groups excluding carboxylic acids is 3. The highest BCUT2D eigenvalue weighted by Crippen LogP contribution is 2.16. The van der Waals surface area contributed by atoms with Gasteiger partial charge in [0.25, 0.3) is 0 Å². The number of nitrogens with one attached hydrogen (secondary N) is 2. The summed E-state index contributed by atoms with van der Waals surface area (Å²) in [5.74, 6) is -1.27. The molecule has 0 atom stereocenters. The number of amides is 2. The summed E-state index contributed by atoms with van der Waals surface area (Å²) in [5.41, 5.74) is 0.833. The minimum absolute atomic E-state index is 0.0243. The SMILES string of the molecule is CCOC(=O)C1=C(COC(=O)Cc2ccc(OC(F)F)cc2)NC(=O)NC1. The molecule has 0 bridgehead atoms. The zero-order valence-corrected chi connectivity index (χ0v) is 14.4. The van der Waals surface area contributed by atoms with Crippen LogP contribution in [0.2, 0.25) is 0 Å². The summed E-state index contributed by atoms with van der Waals surface area (Å²) >= 11 is 0. The summed E-state index contributed by atoms with van der Waals surface area (Å²) in [6.45, 7) is -1.47. The van der Waals surface area contributed by atoms with E-state index in [2.05, 4.69) is 15.4 Å². The van der Waals surface area contributed by atoms with Crippen molar-refractivity contribution in [2.45, 2.75) is 20.0 Å². The van der Waals surface area contributed by atoms with Gasteiger partial charge in [-0.25, -0.2) is 9.59 Å². The molecule has 0 fully saturated rings. The van der Waals surface area contributed by atoms with Gasteiger partial charge in [0, 0.05) is 0 Å². The van der Waals surface area contributed by atoms with Crippen LogP contribution in [0.25, 0.3) is 0 Å². The summed E-state index contributed by atoms with van der Waals surface area (Å²) in [4.78, 5) is 35.3. The highest BCUT2D eigenvalue weighted by Gasteiger charge is 2.24. The van der Waals surface area contributed by atoms with E-state index in [1.54, 1.807) is 6.92 Å². The fraction of sp³-hybridized carbons (Fsp3) is 0.353. The Morgan fingerprint density at radius 2 is 1.89 bits per heavy atom. The van der Waals surface area contributed by atoms with Gasteiger partial charge in [0.15, 0.2) is 0 Å². The number of hydrogen-bond acceptors (Lipinski definition) is 6. The highest BCUT2D eigenvalue weighted by atomic mass is 19.3. The molecule has 0 saturated carbocycles. The van der Waals surface area contributed by atoms with E-state index in [4.69, 9.17) is 9.47 Å². The predicted octanol–water partition coefficient (Wildman–Crippen LogP) is 1.50. The Labute approximate surface area is 153 Å². The van der Waals surface area contributed by atoms with Gasteiger partial charge in [-0.2, -0.15) is 8.78 Å². The van der Waals surface area contributed by atoms with E-state index >= 15 is 0 Å². The van der Waals surface area contributed by atoms with Crippen LogP contribution in [0.4, 0.5) is 13.6 Å². The highest BCUT2D eigenvalue weighted by molar-refractivity contribution is 5.93. The Bertz CT molecular complexity index is 733. The van der Waals surface area contributed by atoms with Crippen LogP contribution in [0.5, 0.6) is 5.75 Å². The molecule has 1 aliphatic heterocycles. The fourth-order valence-electron chi connectivity index (χ4n) is 2.23. The first-order valence-electron chi connectivity index (χ1n) is 8.02. The summed E-state index contributed by atoms with van der Waals surface area (Å²) in [7, 11) is 0. The second-order valence-corrected chi connectivity index (χ2v) is 5.35. The fourth-order valence-corrected chi connectivity index (χ4v) is 2.23. The molecule has 0 spiro atoms. The Morgan fingerprint density at radius 1 is 1.19 bits per heavy atom. The Hall–Kier alpha value is -3.17. The zero-order chi connectivity index (χ0) is 19.8. The van der Waals surface area contributed by atoms with Crippen molar-refractivity contribution in [3.63, 3.8) is 0 Å². The lowest BCUT2D eigenvalue weighted by Crippen LogP contribution is -2.45. The maximum Gasteiger partial charge on any atom is 0.387 e. The molecule has 0 radical (unpaired) electrons. The third kappa shape index (κ3) is 6.24. The van der Waals surface area contributed by atoms with E-state index in [1.165, 1.54) is 24.3 Å². The second kappa shape index (κ2) is 9.51. The first kappa shape index (κ1) is 20.1. The smallest absolute Gasteiger partial charge is 0.387 e. The average molecular weight is 384 g/mol. The Morgan fingerprint density at radius 3 is 2.52 bits per heavy atom. The molecule has 2 rings (SSSR count). The molecule has 0 aromatic heterocycles. The predicted molar refractivity (Wildman–Crippen MR) is 87.9 cm³/mol. The van der Waals surface area contributed by atoms with Crippen LogP contribution in [0.1, 0.15) is 12.5 Å². The van der Waals surface area contributed by atoms with Crippen molar-refractivity contribution < 1.29 is 37.4 Å². The van der Waals surface area contributed by atoms with Crippen LogP contribution in [0, 0.1) is 0 Å². The van der Waals surface area contributed by atoms with Gasteiger partial charge >= 0.3 is 24.6 Å². The molecule has 1 aromatic rings. The minimum Gasteiger partial charge on any atom is -0.463 e. The lowest BCUT2D eigenvalue weighted by molar-refractivity contribution is -0.143. The van der Waals surface area contributed by atoms with Gasteiger partial charge in [0.05, 0.1) is 30.8 Å².